The topological polar surface area (TPSA) is 72.9 Å². The van der Waals surface area contributed by atoms with E-state index in [9.17, 15) is 14.7 Å². The molecule has 0 saturated carbocycles. The fourth-order valence-electron chi connectivity index (χ4n) is 3.22. The molecule has 2 heterocycles. The molecule has 0 unspecified atom stereocenters. The molecule has 3 amide bonds. The summed E-state index contributed by atoms with van der Waals surface area (Å²) >= 11 is 6.30. The number of hydrogen-bond donors (Lipinski definition) is 2. The molecule has 1 saturated heterocycles. The minimum absolute atomic E-state index is 0.00763. The van der Waals surface area contributed by atoms with Crippen LogP contribution in [0, 0.1) is 5.92 Å². The first kappa shape index (κ1) is 17.0. The van der Waals surface area contributed by atoms with Crippen LogP contribution in [0.5, 0.6) is 0 Å². The number of β-amino-alcohol motifs (C(OH)–C–C–N with tert-alkyl or cyclic N) is 1. The van der Waals surface area contributed by atoms with Crippen LogP contribution in [-0.4, -0.2) is 52.1 Å². The van der Waals surface area contributed by atoms with Gasteiger partial charge in [-0.1, -0.05) is 37.9 Å². The van der Waals surface area contributed by atoms with E-state index in [2.05, 4.69) is 5.32 Å². The van der Waals surface area contributed by atoms with Crippen molar-refractivity contribution in [2.75, 3.05) is 18.4 Å². The highest BCUT2D eigenvalue weighted by Gasteiger charge is 2.41. The number of rotatable bonds is 2. The third-order valence-corrected chi connectivity index (χ3v) is 5.23. The summed E-state index contributed by atoms with van der Waals surface area (Å²) in [5, 5.41) is 12.9. The Labute approximate surface area is 146 Å². The standard InChI is InChI=1S/C17H22ClN3O3/c1-3-10(2)15-16(23)19-14-6-4-5-13(18)12(14)9-21(15)17(24)20-7-11(22)8-20/h4-6,10-11,15,22H,3,7-9H2,1-2H3,(H,19,23)/t10-,15-/m0/s1. The number of carbonyl (C=O) groups excluding carboxylic acids is 2. The number of aliphatic hydroxyl groups excluding tert-OH is 1. The lowest BCUT2D eigenvalue weighted by Crippen LogP contribution is -2.60. The zero-order valence-corrected chi connectivity index (χ0v) is 14.6. The predicted molar refractivity (Wildman–Crippen MR) is 91.8 cm³/mol. The summed E-state index contributed by atoms with van der Waals surface area (Å²) in [6, 6.07) is 4.54. The summed E-state index contributed by atoms with van der Waals surface area (Å²) in [5.74, 6) is -0.187. The van der Waals surface area contributed by atoms with Crippen molar-refractivity contribution in [2.24, 2.45) is 5.92 Å². The number of amides is 3. The second-order valence-electron chi connectivity index (χ2n) is 6.55. The van der Waals surface area contributed by atoms with Crippen LogP contribution in [-0.2, 0) is 11.3 Å². The minimum atomic E-state index is -0.566. The van der Waals surface area contributed by atoms with Gasteiger partial charge in [0.2, 0.25) is 5.91 Å². The van der Waals surface area contributed by atoms with Gasteiger partial charge in [-0.15, -0.1) is 0 Å². The van der Waals surface area contributed by atoms with Gasteiger partial charge in [-0.2, -0.15) is 0 Å². The second kappa shape index (κ2) is 6.61. The number of hydrogen-bond acceptors (Lipinski definition) is 3. The Balaban J connectivity index is 1.98. The van der Waals surface area contributed by atoms with E-state index in [-0.39, 0.29) is 24.4 Å². The first-order chi connectivity index (χ1) is 11.4. The molecule has 7 heteroatoms. The van der Waals surface area contributed by atoms with Crippen molar-refractivity contribution >= 4 is 29.2 Å². The molecule has 3 rings (SSSR count). The number of nitrogens with one attached hydrogen (secondary N) is 1. The Bertz CT molecular complexity index is 660. The number of carbonyl (C=O) groups is 2. The highest BCUT2D eigenvalue weighted by Crippen LogP contribution is 2.32. The molecule has 0 aromatic heterocycles. The van der Waals surface area contributed by atoms with Crippen molar-refractivity contribution in [1.82, 2.24) is 9.80 Å². The van der Waals surface area contributed by atoms with Crippen LogP contribution in [0.2, 0.25) is 5.02 Å². The second-order valence-corrected chi connectivity index (χ2v) is 6.96. The molecule has 24 heavy (non-hydrogen) atoms. The van der Waals surface area contributed by atoms with Crippen LogP contribution >= 0.6 is 11.6 Å². The van der Waals surface area contributed by atoms with E-state index >= 15 is 0 Å². The monoisotopic (exact) mass is 351 g/mol. The largest absolute Gasteiger partial charge is 0.389 e. The van der Waals surface area contributed by atoms with Crippen LogP contribution in [0.15, 0.2) is 18.2 Å². The molecule has 6 nitrogen and oxygen atoms in total. The van der Waals surface area contributed by atoms with E-state index in [0.717, 1.165) is 12.0 Å². The zero-order chi connectivity index (χ0) is 17.4. The van der Waals surface area contributed by atoms with Crippen molar-refractivity contribution in [3.8, 4) is 0 Å². The molecule has 2 aliphatic rings. The average molecular weight is 352 g/mol. The average Bonchev–Trinajstić information content (AvgIpc) is 2.67. The maximum Gasteiger partial charge on any atom is 0.321 e. The van der Waals surface area contributed by atoms with Crippen molar-refractivity contribution in [3.05, 3.63) is 28.8 Å². The van der Waals surface area contributed by atoms with E-state index in [1.165, 1.54) is 0 Å². The number of urea groups is 1. The molecule has 0 radical (unpaired) electrons. The molecule has 0 aliphatic carbocycles. The Morgan fingerprint density at radius 2 is 2.17 bits per heavy atom. The molecule has 0 spiro atoms. The molecule has 2 N–H and O–H groups in total. The number of likely N-dealkylation sites (tertiary alicyclic amines) is 1. The van der Waals surface area contributed by atoms with Gasteiger partial charge in [0.25, 0.3) is 0 Å². The molecule has 1 fully saturated rings. The van der Waals surface area contributed by atoms with Crippen molar-refractivity contribution in [2.45, 2.75) is 39.0 Å². The van der Waals surface area contributed by atoms with Gasteiger partial charge in [0.15, 0.2) is 0 Å². The number of aliphatic hydroxyl groups is 1. The maximum absolute atomic E-state index is 12.9. The fraction of sp³-hybridized carbons (Fsp3) is 0.529. The molecular formula is C17H22ClN3O3. The molecule has 2 atom stereocenters. The summed E-state index contributed by atoms with van der Waals surface area (Å²) in [6.07, 6.45) is 0.293. The molecular weight excluding hydrogens is 330 g/mol. The summed E-state index contributed by atoms with van der Waals surface area (Å²) in [6.45, 7) is 4.85. The van der Waals surface area contributed by atoms with Gasteiger partial charge in [-0.3, -0.25) is 4.79 Å². The fourth-order valence-corrected chi connectivity index (χ4v) is 3.46. The van der Waals surface area contributed by atoms with E-state index < -0.39 is 12.1 Å². The quantitative estimate of drug-likeness (QED) is 0.858. The third-order valence-electron chi connectivity index (χ3n) is 4.87. The van der Waals surface area contributed by atoms with Gasteiger partial charge in [0.1, 0.15) is 6.04 Å². The Morgan fingerprint density at radius 3 is 2.79 bits per heavy atom. The molecule has 2 aliphatic heterocycles. The number of benzene rings is 1. The van der Waals surface area contributed by atoms with E-state index in [1.54, 1.807) is 28.0 Å². The van der Waals surface area contributed by atoms with E-state index in [1.807, 2.05) is 13.8 Å². The van der Waals surface area contributed by atoms with Crippen molar-refractivity contribution in [1.29, 1.82) is 0 Å². The van der Waals surface area contributed by atoms with Crippen LogP contribution < -0.4 is 5.32 Å². The minimum Gasteiger partial charge on any atom is -0.389 e. The Morgan fingerprint density at radius 1 is 1.46 bits per heavy atom. The van der Waals surface area contributed by atoms with Gasteiger partial charge in [-0.05, 0) is 18.1 Å². The Hall–Kier alpha value is -1.79. The summed E-state index contributed by atoms with van der Waals surface area (Å²) in [7, 11) is 0. The first-order valence-corrected chi connectivity index (χ1v) is 8.62. The summed E-state index contributed by atoms with van der Waals surface area (Å²) in [4.78, 5) is 28.8. The molecule has 0 bridgehead atoms. The smallest absolute Gasteiger partial charge is 0.321 e. The molecule has 1 aromatic carbocycles. The van der Waals surface area contributed by atoms with Gasteiger partial charge < -0.3 is 20.2 Å². The van der Waals surface area contributed by atoms with Gasteiger partial charge >= 0.3 is 6.03 Å². The lowest BCUT2D eigenvalue weighted by Gasteiger charge is -2.42. The number of halogens is 1. The normalized spacial score (nSPS) is 22.3. The lowest BCUT2D eigenvalue weighted by molar-refractivity contribution is -0.122. The third kappa shape index (κ3) is 2.96. The molecule has 130 valence electrons. The number of nitrogens with zero attached hydrogens (tertiary/aromatic N) is 2. The maximum atomic E-state index is 12.9. The van der Waals surface area contributed by atoms with E-state index in [0.29, 0.717) is 23.8 Å². The van der Waals surface area contributed by atoms with Crippen molar-refractivity contribution in [3.63, 3.8) is 0 Å². The predicted octanol–water partition coefficient (Wildman–Crippen LogP) is 2.31. The van der Waals surface area contributed by atoms with Crippen LogP contribution in [0.1, 0.15) is 25.8 Å². The summed E-state index contributed by atoms with van der Waals surface area (Å²) < 4.78 is 0. The zero-order valence-electron chi connectivity index (χ0n) is 13.8. The first-order valence-electron chi connectivity index (χ1n) is 8.24. The number of fused-ring (bicyclic) bond motifs is 1. The lowest BCUT2D eigenvalue weighted by atomic mass is 9.96. The van der Waals surface area contributed by atoms with Gasteiger partial charge in [-0.25, -0.2) is 4.79 Å². The SMILES string of the molecule is CC[C@H](C)[C@H]1C(=O)Nc2cccc(Cl)c2CN1C(=O)N1CC(O)C1. The van der Waals surface area contributed by atoms with E-state index in [4.69, 9.17) is 11.6 Å². The highest BCUT2D eigenvalue weighted by molar-refractivity contribution is 6.32. The highest BCUT2D eigenvalue weighted by atomic mass is 35.5. The van der Waals surface area contributed by atoms with Crippen LogP contribution in [0.25, 0.3) is 0 Å². The molecule has 1 aromatic rings. The number of anilines is 1. The van der Waals surface area contributed by atoms with Gasteiger partial charge in [0.05, 0.1) is 25.7 Å². The summed E-state index contributed by atoms with van der Waals surface area (Å²) in [5.41, 5.74) is 1.40. The van der Waals surface area contributed by atoms with Crippen LogP contribution in [0.3, 0.4) is 0 Å². The Kier molecular flexibility index (Phi) is 4.69. The van der Waals surface area contributed by atoms with Crippen molar-refractivity contribution < 1.29 is 14.7 Å². The van der Waals surface area contributed by atoms with Gasteiger partial charge in [0, 0.05) is 16.3 Å². The van der Waals surface area contributed by atoms with Crippen LogP contribution in [0.4, 0.5) is 10.5 Å².